The topological polar surface area (TPSA) is 73.2 Å². The first-order valence-corrected chi connectivity index (χ1v) is 6.77. The number of imidazole rings is 1. The van der Waals surface area contributed by atoms with Gasteiger partial charge in [-0.1, -0.05) is 6.92 Å². The van der Waals surface area contributed by atoms with E-state index >= 15 is 0 Å². The Labute approximate surface area is 119 Å². The number of nitrogens with two attached hydrogens (primary N) is 1. The molecule has 2 rings (SSSR count). The Bertz CT molecular complexity index is 564. The molecule has 1 aromatic carbocycles. The number of ether oxygens (including phenoxy) is 2. The van der Waals surface area contributed by atoms with Crippen LogP contribution in [-0.4, -0.2) is 23.7 Å². The first kappa shape index (κ1) is 14.4. The molecule has 1 unspecified atom stereocenters. The van der Waals surface area contributed by atoms with E-state index in [0.717, 1.165) is 29.3 Å². The molecule has 0 amide bonds. The summed E-state index contributed by atoms with van der Waals surface area (Å²) in [4.78, 5) is 7.55. The average Bonchev–Trinajstić information content (AvgIpc) is 2.95. The summed E-state index contributed by atoms with van der Waals surface area (Å²) in [5.74, 6) is 2.23. The Morgan fingerprint density at radius 1 is 1.35 bits per heavy atom. The van der Waals surface area contributed by atoms with Gasteiger partial charge in [0.25, 0.3) is 0 Å². The third kappa shape index (κ3) is 3.11. The Morgan fingerprint density at radius 3 is 2.75 bits per heavy atom. The van der Waals surface area contributed by atoms with E-state index < -0.39 is 0 Å². The molecule has 1 heterocycles. The molecule has 0 aliphatic rings. The van der Waals surface area contributed by atoms with E-state index in [1.54, 1.807) is 13.3 Å². The maximum Gasteiger partial charge on any atom is 0.161 e. The Morgan fingerprint density at radius 2 is 2.15 bits per heavy atom. The predicted octanol–water partition coefficient (Wildman–Crippen LogP) is 2.89. The number of aromatic amines is 1. The number of rotatable bonds is 6. The fourth-order valence-corrected chi connectivity index (χ4v) is 1.86. The van der Waals surface area contributed by atoms with E-state index in [1.165, 1.54) is 0 Å². The number of hydrogen-bond acceptors (Lipinski definition) is 4. The van der Waals surface area contributed by atoms with Gasteiger partial charge in [-0.2, -0.15) is 0 Å². The highest BCUT2D eigenvalue weighted by Crippen LogP contribution is 2.31. The molecular weight excluding hydrogens is 254 g/mol. The minimum Gasteiger partial charge on any atom is -0.493 e. The van der Waals surface area contributed by atoms with E-state index in [1.807, 2.05) is 25.1 Å². The van der Waals surface area contributed by atoms with Crippen LogP contribution >= 0.6 is 0 Å². The number of methoxy groups -OCH3 is 1. The van der Waals surface area contributed by atoms with Crippen molar-refractivity contribution in [2.24, 2.45) is 5.73 Å². The first-order chi connectivity index (χ1) is 9.65. The van der Waals surface area contributed by atoms with Crippen molar-refractivity contribution in [2.45, 2.75) is 26.3 Å². The summed E-state index contributed by atoms with van der Waals surface area (Å²) in [6.07, 6.45) is 2.72. The van der Waals surface area contributed by atoms with Crippen LogP contribution in [0.15, 0.2) is 24.4 Å². The third-order valence-corrected chi connectivity index (χ3v) is 2.98. The Kier molecular flexibility index (Phi) is 4.63. The maximum atomic E-state index is 5.82. The smallest absolute Gasteiger partial charge is 0.161 e. The highest BCUT2D eigenvalue weighted by molar-refractivity contribution is 5.61. The zero-order valence-electron chi connectivity index (χ0n) is 12.1. The van der Waals surface area contributed by atoms with E-state index in [2.05, 4.69) is 16.9 Å². The highest BCUT2D eigenvalue weighted by Gasteiger charge is 2.10. The molecule has 1 atom stereocenters. The van der Waals surface area contributed by atoms with Gasteiger partial charge in [0.2, 0.25) is 0 Å². The fraction of sp³-hybridized carbons (Fsp3) is 0.400. The molecule has 0 radical (unpaired) electrons. The van der Waals surface area contributed by atoms with E-state index in [0.29, 0.717) is 12.4 Å². The van der Waals surface area contributed by atoms with Crippen molar-refractivity contribution in [1.82, 2.24) is 9.97 Å². The second-order valence-corrected chi connectivity index (χ2v) is 4.69. The average molecular weight is 275 g/mol. The van der Waals surface area contributed by atoms with Gasteiger partial charge in [0, 0.05) is 11.6 Å². The summed E-state index contributed by atoms with van der Waals surface area (Å²) >= 11 is 0. The molecule has 108 valence electrons. The largest absolute Gasteiger partial charge is 0.493 e. The monoisotopic (exact) mass is 275 g/mol. The molecule has 0 bridgehead atoms. The summed E-state index contributed by atoms with van der Waals surface area (Å²) in [6.45, 7) is 4.66. The van der Waals surface area contributed by atoms with Crippen molar-refractivity contribution in [3.63, 3.8) is 0 Å². The summed E-state index contributed by atoms with van der Waals surface area (Å²) < 4.78 is 11.0. The van der Waals surface area contributed by atoms with Crippen molar-refractivity contribution < 1.29 is 9.47 Å². The van der Waals surface area contributed by atoms with Crippen LogP contribution in [0.1, 0.15) is 32.0 Å². The molecule has 5 nitrogen and oxygen atoms in total. The molecule has 5 heteroatoms. The molecule has 2 aromatic rings. The molecular formula is C15H21N3O2. The van der Waals surface area contributed by atoms with E-state index in [-0.39, 0.29) is 6.04 Å². The van der Waals surface area contributed by atoms with Crippen molar-refractivity contribution >= 4 is 0 Å². The van der Waals surface area contributed by atoms with Gasteiger partial charge in [0.1, 0.15) is 5.82 Å². The maximum absolute atomic E-state index is 5.82. The lowest BCUT2D eigenvalue weighted by molar-refractivity contribution is 0.294. The van der Waals surface area contributed by atoms with Crippen LogP contribution in [0.5, 0.6) is 11.5 Å². The number of benzene rings is 1. The van der Waals surface area contributed by atoms with Gasteiger partial charge in [-0.05, 0) is 31.5 Å². The van der Waals surface area contributed by atoms with E-state index in [9.17, 15) is 0 Å². The second-order valence-electron chi connectivity index (χ2n) is 4.69. The summed E-state index contributed by atoms with van der Waals surface area (Å²) in [5, 5.41) is 0. The van der Waals surface area contributed by atoms with Crippen LogP contribution < -0.4 is 15.2 Å². The van der Waals surface area contributed by atoms with Gasteiger partial charge in [0.15, 0.2) is 11.5 Å². The molecule has 20 heavy (non-hydrogen) atoms. The molecule has 0 saturated heterocycles. The molecule has 1 aromatic heterocycles. The lowest BCUT2D eigenvalue weighted by atomic mass is 10.2. The number of hydrogen-bond donors (Lipinski definition) is 2. The zero-order chi connectivity index (χ0) is 14.5. The molecule has 0 saturated carbocycles. The number of H-pyrrole nitrogens is 1. The summed E-state index contributed by atoms with van der Waals surface area (Å²) in [7, 11) is 1.63. The van der Waals surface area contributed by atoms with Crippen molar-refractivity contribution in [2.75, 3.05) is 13.7 Å². The SMILES string of the molecule is CCCOc1ccc(-c2ncc(C(C)N)[nH]2)cc1OC. The Hall–Kier alpha value is -2.01. The van der Waals surface area contributed by atoms with Gasteiger partial charge in [0.05, 0.1) is 25.6 Å². The van der Waals surface area contributed by atoms with Crippen LogP contribution in [0.2, 0.25) is 0 Å². The van der Waals surface area contributed by atoms with Crippen LogP contribution in [-0.2, 0) is 0 Å². The first-order valence-electron chi connectivity index (χ1n) is 6.77. The van der Waals surface area contributed by atoms with Gasteiger partial charge < -0.3 is 20.2 Å². The minimum atomic E-state index is -0.0645. The molecule has 0 aliphatic carbocycles. The quantitative estimate of drug-likeness (QED) is 0.850. The van der Waals surface area contributed by atoms with Crippen LogP contribution in [0, 0.1) is 0 Å². The van der Waals surface area contributed by atoms with Crippen LogP contribution in [0.25, 0.3) is 11.4 Å². The van der Waals surface area contributed by atoms with Crippen molar-refractivity contribution in [3.8, 4) is 22.9 Å². The zero-order valence-corrected chi connectivity index (χ0v) is 12.1. The molecule has 0 spiro atoms. The molecule has 3 N–H and O–H groups in total. The summed E-state index contributed by atoms with van der Waals surface area (Å²) in [5.41, 5.74) is 7.67. The van der Waals surface area contributed by atoms with Crippen molar-refractivity contribution in [3.05, 3.63) is 30.1 Å². The lowest BCUT2D eigenvalue weighted by Crippen LogP contribution is -2.04. The molecule has 0 aliphatic heterocycles. The fourth-order valence-electron chi connectivity index (χ4n) is 1.86. The Balaban J connectivity index is 2.28. The van der Waals surface area contributed by atoms with E-state index in [4.69, 9.17) is 15.2 Å². The van der Waals surface area contributed by atoms with Gasteiger partial charge >= 0.3 is 0 Å². The van der Waals surface area contributed by atoms with Crippen molar-refractivity contribution in [1.29, 1.82) is 0 Å². The van der Waals surface area contributed by atoms with Gasteiger partial charge in [-0.15, -0.1) is 0 Å². The van der Waals surface area contributed by atoms with Gasteiger partial charge in [-0.25, -0.2) is 4.98 Å². The van der Waals surface area contributed by atoms with Gasteiger partial charge in [-0.3, -0.25) is 0 Å². The lowest BCUT2D eigenvalue weighted by Gasteiger charge is -2.11. The highest BCUT2D eigenvalue weighted by atomic mass is 16.5. The third-order valence-electron chi connectivity index (χ3n) is 2.98. The minimum absolute atomic E-state index is 0.0645. The number of nitrogens with one attached hydrogen (secondary N) is 1. The van der Waals surface area contributed by atoms with Crippen LogP contribution in [0.4, 0.5) is 0 Å². The number of aromatic nitrogens is 2. The van der Waals surface area contributed by atoms with Crippen LogP contribution in [0.3, 0.4) is 0 Å². The predicted molar refractivity (Wildman–Crippen MR) is 79.0 cm³/mol. The normalized spacial score (nSPS) is 12.2. The summed E-state index contributed by atoms with van der Waals surface area (Å²) in [6, 6.07) is 5.70. The standard InChI is InChI=1S/C15H21N3O2/c1-4-7-20-13-6-5-11(8-14(13)19-3)15-17-9-12(18-15)10(2)16/h5-6,8-10H,4,7,16H2,1-3H3,(H,17,18). The number of nitrogens with zero attached hydrogens (tertiary/aromatic N) is 1. The molecule has 0 fully saturated rings. The second kappa shape index (κ2) is 6.43.